The number of hydrogen-bond donors (Lipinski definition) is 3. The van der Waals surface area contributed by atoms with E-state index in [1.54, 1.807) is 30.3 Å². The van der Waals surface area contributed by atoms with E-state index in [1.807, 2.05) is 0 Å². The van der Waals surface area contributed by atoms with E-state index in [9.17, 15) is 39.9 Å². The number of ether oxygens (including phenoxy) is 2. The van der Waals surface area contributed by atoms with Crippen LogP contribution in [0.15, 0.2) is 54.6 Å². The summed E-state index contributed by atoms with van der Waals surface area (Å²) in [5.74, 6) is -4.28. The maximum absolute atomic E-state index is 13.2. The number of aliphatic hydroxyl groups is 1. The Kier molecular flexibility index (Phi) is 8.98. The van der Waals surface area contributed by atoms with Crippen LogP contribution in [0, 0.1) is 16.0 Å². The van der Waals surface area contributed by atoms with Crippen LogP contribution in [0.2, 0.25) is 0 Å². The number of Topliss-reactive ketones (excluding diaryl/α,β-unsaturated/α-hetero) is 1. The van der Waals surface area contributed by atoms with Crippen LogP contribution in [0.4, 0.5) is 10.5 Å². The fourth-order valence-corrected chi connectivity index (χ4v) is 3.71. The van der Waals surface area contributed by atoms with Crippen molar-refractivity contribution in [3.05, 3.63) is 81.4 Å². The minimum absolute atomic E-state index is 0.150. The molecule has 0 unspecified atom stereocenters. The van der Waals surface area contributed by atoms with Gasteiger partial charge in [0.25, 0.3) is 11.5 Å². The number of benzene rings is 2. The van der Waals surface area contributed by atoms with E-state index < -0.39 is 65.1 Å². The molecular weight excluding hydrogens is 502 g/mol. The lowest BCUT2D eigenvalue weighted by molar-refractivity contribution is -0.384. The molecule has 198 valence electrons. The van der Waals surface area contributed by atoms with Gasteiger partial charge in [-0.05, 0) is 30.2 Å². The number of nitrogens with one attached hydrogen (secondary N) is 2. The summed E-state index contributed by atoms with van der Waals surface area (Å²) in [5, 5.41) is 25.4. The van der Waals surface area contributed by atoms with Gasteiger partial charge in [-0.25, -0.2) is 9.59 Å². The number of non-ortho nitro benzene ring substituents is 1. The van der Waals surface area contributed by atoms with Crippen molar-refractivity contribution in [3.8, 4) is 0 Å². The van der Waals surface area contributed by atoms with Crippen LogP contribution in [-0.2, 0) is 37.1 Å². The summed E-state index contributed by atoms with van der Waals surface area (Å²) in [4.78, 5) is 63.1. The zero-order valence-corrected chi connectivity index (χ0v) is 20.0. The lowest BCUT2D eigenvalue weighted by atomic mass is 9.79. The molecule has 1 heterocycles. The molecule has 1 fully saturated rings. The third-order valence-corrected chi connectivity index (χ3v) is 5.69. The lowest BCUT2D eigenvalue weighted by Gasteiger charge is -2.41. The van der Waals surface area contributed by atoms with Crippen molar-refractivity contribution in [1.29, 1.82) is 0 Å². The van der Waals surface area contributed by atoms with Gasteiger partial charge in [0, 0.05) is 12.1 Å². The molecule has 4 atom stereocenters. The zero-order valence-electron chi connectivity index (χ0n) is 20.0. The van der Waals surface area contributed by atoms with Crippen LogP contribution in [0.5, 0.6) is 0 Å². The van der Waals surface area contributed by atoms with Crippen LogP contribution in [-0.4, -0.2) is 62.5 Å². The number of carbonyl (C=O) groups is 4. The minimum atomic E-state index is -1.66. The predicted octanol–water partition coefficient (Wildman–Crippen LogP) is 0.668. The molecule has 0 saturated carbocycles. The summed E-state index contributed by atoms with van der Waals surface area (Å²) in [5.41, 5.74) is 9.12. The number of esters is 1. The van der Waals surface area contributed by atoms with Crippen molar-refractivity contribution in [2.45, 2.75) is 38.3 Å². The van der Waals surface area contributed by atoms with Gasteiger partial charge in [0.2, 0.25) is 5.91 Å². The average molecular weight is 525 g/mol. The Hall–Kier alpha value is -4.94. The Morgan fingerprint density at radius 3 is 2.26 bits per heavy atom. The van der Waals surface area contributed by atoms with E-state index in [2.05, 4.69) is 15.4 Å². The van der Waals surface area contributed by atoms with Gasteiger partial charge >= 0.3 is 17.8 Å². The average Bonchev–Trinajstić information content (AvgIpc) is 2.88. The number of amides is 2. The van der Waals surface area contributed by atoms with Gasteiger partial charge in [-0.15, -0.1) is 0 Å². The van der Waals surface area contributed by atoms with Gasteiger partial charge in [0.15, 0.2) is 0 Å². The summed E-state index contributed by atoms with van der Waals surface area (Å²) >= 11 is 0. The van der Waals surface area contributed by atoms with Gasteiger partial charge in [0.1, 0.15) is 19.3 Å². The molecule has 0 aromatic heterocycles. The molecule has 3 rings (SSSR count). The van der Waals surface area contributed by atoms with E-state index >= 15 is 0 Å². The summed E-state index contributed by atoms with van der Waals surface area (Å²) in [6, 6.07) is 10.8. The first-order valence-corrected chi connectivity index (χ1v) is 11.2. The van der Waals surface area contributed by atoms with E-state index in [4.69, 9.17) is 9.47 Å². The summed E-state index contributed by atoms with van der Waals surface area (Å²) in [6.45, 7) is 0.741. The van der Waals surface area contributed by atoms with E-state index in [1.165, 1.54) is 31.2 Å². The number of alkyl carbamates (subject to hydrolysis) is 1. The zero-order chi connectivity index (χ0) is 27.8. The number of carbonyl (C=O) groups excluding carboxylic acids is 4. The van der Waals surface area contributed by atoms with Gasteiger partial charge < -0.3 is 30.7 Å². The van der Waals surface area contributed by atoms with E-state index in [0.29, 0.717) is 11.1 Å². The Labute approximate surface area is 215 Å². The summed E-state index contributed by atoms with van der Waals surface area (Å²) < 4.78 is 10.1. The SMILES string of the molecule is C[C@@H](O)[C@H]1C(=O)N[C@@H]1[C@@H](NC(=O)OCc1ccccc1)C(=O)C(=[N+]=[N-])C(=O)OCc1ccc([N+](=O)[O-])cc1. The predicted molar refractivity (Wildman–Crippen MR) is 127 cm³/mol. The molecule has 0 aliphatic carbocycles. The molecule has 2 amide bonds. The van der Waals surface area contributed by atoms with Gasteiger partial charge in [-0.1, -0.05) is 30.3 Å². The molecule has 14 heteroatoms. The molecule has 14 nitrogen and oxygen atoms in total. The third kappa shape index (κ3) is 6.63. The second-order valence-electron chi connectivity index (χ2n) is 8.30. The van der Waals surface area contributed by atoms with E-state index in [0.717, 1.165) is 0 Å². The fourth-order valence-electron chi connectivity index (χ4n) is 3.71. The minimum Gasteiger partial charge on any atom is -0.452 e. The smallest absolute Gasteiger partial charge is 0.443 e. The number of aliphatic hydroxyl groups excluding tert-OH is 1. The molecule has 0 bridgehead atoms. The Balaban J connectivity index is 1.73. The first-order valence-electron chi connectivity index (χ1n) is 11.2. The number of β-lactam (4-membered cyclic amide) rings is 1. The van der Waals surface area contributed by atoms with Crippen LogP contribution in [0.3, 0.4) is 0 Å². The van der Waals surface area contributed by atoms with Crippen molar-refractivity contribution >= 4 is 35.2 Å². The van der Waals surface area contributed by atoms with Gasteiger partial charge in [-0.2, -0.15) is 4.79 Å². The fraction of sp³-hybridized carbons (Fsp3) is 0.292. The van der Waals surface area contributed by atoms with Crippen LogP contribution < -0.4 is 10.6 Å². The van der Waals surface area contributed by atoms with Crippen molar-refractivity contribution < 1.29 is 43.5 Å². The van der Waals surface area contributed by atoms with Crippen LogP contribution in [0.25, 0.3) is 5.53 Å². The number of nitrogens with zero attached hydrogens (tertiary/aromatic N) is 3. The van der Waals surface area contributed by atoms with Gasteiger partial charge in [-0.3, -0.25) is 19.7 Å². The summed E-state index contributed by atoms with van der Waals surface area (Å²) in [7, 11) is 0. The topological polar surface area (TPSA) is 211 Å². The molecule has 1 aliphatic rings. The lowest BCUT2D eigenvalue weighted by Crippen LogP contribution is -2.72. The number of hydrogen-bond acceptors (Lipinski definition) is 9. The molecule has 1 aliphatic heterocycles. The second-order valence-corrected chi connectivity index (χ2v) is 8.30. The Morgan fingerprint density at radius 2 is 1.71 bits per heavy atom. The monoisotopic (exact) mass is 525 g/mol. The molecular formula is C24H23N5O9. The van der Waals surface area contributed by atoms with Crippen molar-refractivity contribution in [1.82, 2.24) is 10.6 Å². The van der Waals surface area contributed by atoms with Crippen molar-refractivity contribution in [2.24, 2.45) is 5.92 Å². The molecule has 38 heavy (non-hydrogen) atoms. The Bertz CT molecular complexity index is 1270. The second kappa shape index (κ2) is 12.3. The highest BCUT2D eigenvalue weighted by atomic mass is 16.6. The first kappa shape index (κ1) is 27.6. The highest BCUT2D eigenvalue weighted by molar-refractivity contribution is 6.63. The molecule has 2 aromatic rings. The molecule has 0 radical (unpaired) electrons. The highest BCUT2D eigenvalue weighted by Crippen LogP contribution is 2.23. The largest absolute Gasteiger partial charge is 0.452 e. The van der Waals surface area contributed by atoms with E-state index in [-0.39, 0.29) is 12.3 Å². The maximum atomic E-state index is 13.2. The maximum Gasteiger partial charge on any atom is 0.443 e. The van der Waals surface area contributed by atoms with Gasteiger partial charge in [0.05, 0.1) is 23.0 Å². The molecule has 2 aromatic carbocycles. The standard InChI is InChI=1S/C24H23N5O9/c1-13(30)17-18(26-22(17)32)19(27-24(34)38-12-14-5-3-2-4-6-14)21(31)20(28-25)23(33)37-11-15-7-9-16(10-8-15)29(35)36/h2-10,13,17-19,30H,11-12H2,1H3,(H,26,32)(H,27,34)/t13-,17-,18+,19-/m1/s1. The normalized spacial score (nSPS) is 17.5. The number of rotatable bonds is 11. The third-order valence-electron chi connectivity index (χ3n) is 5.69. The first-order chi connectivity index (χ1) is 18.1. The van der Waals surface area contributed by atoms with Crippen LogP contribution >= 0.6 is 0 Å². The number of nitro groups is 1. The molecule has 0 spiro atoms. The highest BCUT2D eigenvalue weighted by Gasteiger charge is 2.53. The summed E-state index contributed by atoms with van der Waals surface area (Å²) in [6.07, 6.45) is -2.29. The number of ketones is 1. The van der Waals surface area contributed by atoms with Crippen LogP contribution in [0.1, 0.15) is 18.1 Å². The molecule has 3 N–H and O–H groups in total. The Morgan fingerprint density at radius 1 is 1.11 bits per heavy atom. The van der Waals surface area contributed by atoms with Crippen molar-refractivity contribution in [3.63, 3.8) is 0 Å². The van der Waals surface area contributed by atoms with Crippen molar-refractivity contribution in [2.75, 3.05) is 0 Å². The number of nitro benzene ring substituents is 1. The quantitative estimate of drug-likeness (QED) is 0.0549. The molecule has 1 saturated heterocycles.